The van der Waals surface area contributed by atoms with Gasteiger partial charge in [0, 0.05) is 12.1 Å². The van der Waals surface area contributed by atoms with Crippen LogP contribution in [0.25, 0.3) is 0 Å². The number of carboxylic acids is 1. The first-order chi connectivity index (χ1) is 8.59. The molecule has 0 saturated heterocycles. The summed E-state index contributed by atoms with van der Waals surface area (Å²) in [4.78, 5) is 23.8. The lowest BCUT2D eigenvalue weighted by atomic mass is 9.73. The fraction of sp³-hybridized carbons (Fsp3) is 0.857. The minimum absolute atomic E-state index is 0.105. The van der Waals surface area contributed by atoms with E-state index in [9.17, 15) is 14.7 Å². The van der Waals surface area contributed by atoms with E-state index in [1.165, 1.54) is 0 Å². The standard InChI is InChI=1S/C14H26N2O3/c1-12(2,11(18)19)13(3,4)16-10(17)14(9-15)7-5-6-8-14/h5-9,15H2,1-4H3,(H,16,17)(H,18,19). The molecule has 1 aliphatic carbocycles. The third-order valence-electron chi connectivity index (χ3n) is 4.96. The summed E-state index contributed by atoms with van der Waals surface area (Å²) in [5.41, 5.74) is 3.39. The summed E-state index contributed by atoms with van der Waals surface area (Å²) in [7, 11) is 0. The molecule has 0 spiro atoms. The maximum atomic E-state index is 12.5. The van der Waals surface area contributed by atoms with Gasteiger partial charge in [0.25, 0.3) is 0 Å². The number of carbonyl (C=O) groups is 2. The topological polar surface area (TPSA) is 92.4 Å². The van der Waals surface area contributed by atoms with E-state index in [0.29, 0.717) is 6.54 Å². The van der Waals surface area contributed by atoms with Crippen LogP contribution in [0.1, 0.15) is 53.4 Å². The van der Waals surface area contributed by atoms with Crippen LogP contribution < -0.4 is 11.1 Å². The van der Waals surface area contributed by atoms with Crippen molar-refractivity contribution in [2.45, 2.75) is 58.9 Å². The molecule has 0 radical (unpaired) electrons. The molecule has 1 rings (SSSR count). The van der Waals surface area contributed by atoms with Gasteiger partial charge in [0.05, 0.1) is 10.8 Å². The van der Waals surface area contributed by atoms with Crippen molar-refractivity contribution in [1.29, 1.82) is 0 Å². The van der Waals surface area contributed by atoms with E-state index < -0.39 is 22.3 Å². The van der Waals surface area contributed by atoms with E-state index in [0.717, 1.165) is 25.7 Å². The Balaban J connectivity index is 2.89. The maximum absolute atomic E-state index is 12.5. The molecule has 0 aromatic carbocycles. The number of carboxylic acid groups (broad SMARTS) is 1. The van der Waals surface area contributed by atoms with E-state index >= 15 is 0 Å². The molecule has 0 aromatic rings. The third kappa shape index (κ3) is 2.76. The van der Waals surface area contributed by atoms with Gasteiger partial charge >= 0.3 is 5.97 Å². The monoisotopic (exact) mass is 270 g/mol. The largest absolute Gasteiger partial charge is 0.481 e. The van der Waals surface area contributed by atoms with Crippen molar-refractivity contribution in [1.82, 2.24) is 5.32 Å². The molecule has 5 nitrogen and oxygen atoms in total. The van der Waals surface area contributed by atoms with Gasteiger partial charge < -0.3 is 16.2 Å². The van der Waals surface area contributed by atoms with Crippen molar-refractivity contribution in [2.75, 3.05) is 6.54 Å². The number of hydrogen-bond acceptors (Lipinski definition) is 3. The van der Waals surface area contributed by atoms with Crippen molar-refractivity contribution in [3.63, 3.8) is 0 Å². The SMILES string of the molecule is CC(C)(NC(=O)C1(CN)CCCC1)C(C)(C)C(=O)O. The Labute approximate surface area is 114 Å². The average Bonchev–Trinajstić information content (AvgIpc) is 2.77. The molecule has 19 heavy (non-hydrogen) atoms. The van der Waals surface area contributed by atoms with Crippen LogP contribution in [0.4, 0.5) is 0 Å². The molecule has 4 N–H and O–H groups in total. The van der Waals surface area contributed by atoms with Crippen LogP contribution in [0.3, 0.4) is 0 Å². The molecule has 1 saturated carbocycles. The van der Waals surface area contributed by atoms with Gasteiger partial charge in [-0.1, -0.05) is 12.8 Å². The van der Waals surface area contributed by atoms with Crippen molar-refractivity contribution < 1.29 is 14.7 Å². The molecular weight excluding hydrogens is 244 g/mol. The van der Waals surface area contributed by atoms with Crippen LogP contribution in [0.5, 0.6) is 0 Å². The third-order valence-corrected chi connectivity index (χ3v) is 4.96. The molecule has 0 bridgehead atoms. The zero-order valence-corrected chi connectivity index (χ0v) is 12.4. The summed E-state index contributed by atoms with van der Waals surface area (Å²) in [6.45, 7) is 7.07. The lowest BCUT2D eigenvalue weighted by Gasteiger charge is -2.41. The Hall–Kier alpha value is -1.10. The highest BCUT2D eigenvalue weighted by atomic mass is 16.4. The fourth-order valence-corrected chi connectivity index (χ4v) is 2.42. The van der Waals surface area contributed by atoms with Crippen LogP contribution in [-0.4, -0.2) is 29.1 Å². The molecule has 0 atom stereocenters. The summed E-state index contributed by atoms with van der Waals surface area (Å²) >= 11 is 0. The number of hydrogen-bond donors (Lipinski definition) is 3. The Morgan fingerprint density at radius 2 is 1.68 bits per heavy atom. The van der Waals surface area contributed by atoms with Crippen molar-refractivity contribution >= 4 is 11.9 Å². The average molecular weight is 270 g/mol. The minimum Gasteiger partial charge on any atom is -0.481 e. The molecule has 1 aliphatic rings. The van der Waals surface area contributed by atoms with Gasteiger partial charge in [-0.2, -0.15) is 0 Å². The summed E-state index contributed by atoms with van der Waals surface area (Å²) in [5.74, 6) is -1.03. The normalized spacial score (nSPS) is 19.2. The first-order valence-corrected chi connectivity index (χ1v) is 6.85. The molecule has 1 fully saturated rings. The zero-order chi connectivity index (χ0) is 14.9. The number of carbonyl (C=O) groups excluding carboxylic acids is 1. The molecule has 0 aliphatic heterocycles. The fourth-order valence-electron chi connectivity index (χ4n) is 2.42. The van der Waals surface area contributed by atoms with Crippen molar-refractivity contribution in [2.24, 2.45) is 16.6 Å². The van der Waals surface area contributed by atoms with Crippen molar-refractivity contribution in [3.8, 4) is 0 Å². The molecule has 0 aromatic heterocycles. The van der Waals surface area contributed by atoms with Gasteiger partial charge in [-0.05, 0) is 40.5 Å². The predicted molar refractivity (Wildman–Crippen MR) is 73.6 cm³/mol. The van der Waals surface area contributed by atoms with Crippen LogP contribution in [0.15, 0.2) is 0 Å². The van der Waals surface area contributed by atoms with Gasteiger partial charge in [0.15, 0.2) is 0 Å². The maximum Gasteiger partial charge on any atom is 0.311 e. The minimum atomic E-state index is -1.04. The zero-order valence-electron chi connectivity index (χ0n) is 12.4. The molecule has 1 amide bonds. The summed E-state index contributed by atoms with van der Waals surface area (Å²) in [6.07, 6.45) is 3.60. The highest BCUT2D eigenvalue weighted by Crippen LogP contribution is 2.39. The Bertz CT molecular complexity index is 369. The highest BCUT2D eigenvalue weighted by molar-refractivity contribution is 5.85. The van der Waals surface area contributed by atoms with Gasteiger partial charge in [-0.15, -0.1) is 0 Å². The quantitative estimate of drug-likeness (QED) is 0.706. The lowest BCUT2D eigenvalue weighted by Crippen LogP contribution is -2.60. The van der Waals surface area contributed by atoms with E-state index in [-0.39, 0.29) is 5.91 Å². The number of aliphatic carboxylic acids is 1. The highest BCUT2D eigenvalue weighted by Gasteiger charge is 2.48. The molecule has 0 unspecified atom stereocenters. The Morgan fingerprint density at radius 1 is 1.21 bits per heavy atom. The van der Waals surface area contributed by atoms with Crippen LogP contribution >= 0.6 is 0 Å². The summed E-state index contributed by atoms with van der Waals surface area (Å²) in [5, 5.41) is 12.2. The molecular formula is C14H26N2O3. The Kier molecular flexibility index (Phi) is 4.30. The van der Waals surface area contributed by atoms with Crippen LogP contribution in [0, 0.1) is 10.8 Å². The first kappa shape index (κ1) is 16.0. The van der Waals surface area contributed by atoms with Gasteiger partial charge in [-0.3, -0.25) is 9.59 Å². The number of rotatable bonds is 5. The number of nitrogens with one attached hydrogen (secondary N) is 1. The smallest absolute Gasteiger partial charge is 0.311 e. The molecule has 5 heteroatoms. The first-order valence-electron chi connectivity index (χ1n) is 6.85. The summed E-state index contributed by atoms with van der Waals surface area (Å²) in [6, 6.07) is 0. The number of amides is 1. The second kappa shape index (κ2) is 5.12. The second-order valence-electron chi connectivity index (χ2n) is 6.70. The van der Waals surface area contributed by atoms with E-state index in [1.54, 1.807) is 27.7 Å². The second-order valence-corrected chi connectivity index (χ2v) is 6.70. The van der Waals surface area contributed by atoms with Gasteiger partial charge in [0.2, 0.25) is 5.91 Å². The van der Waals surface area contributed by atoms with Gasteiger partial charge in [0.1, 0.15) is 0 Å². The number of nitrogens with two attached hydrogens (primary N) is 1. The van der Waals surface area contributed by atoms with E-state index in [4.69, 9.17) is 5.73 Å². The van der Waals surface area contributed by atoms with E-state index in [2.05, 4.69) is 5.32 Å². The Morgan fingerprint density at radius 3 is 2.05 bits per heavy atom. The predicted octanol–water partition coefficient (Wildman–Crippen LogP) is 1.51. The van der Waals surface area contributed by atoms with Gasteiger partial charge in [-0.25, -0.2) is 0 Å². The van der Waals surface area contributed by atoms with Crippen molar-refractivity contribution in [3.05, 3.63) is 0 Å². The molecule has 0 heterocycles. The summed E-state index contributed by atoms with van der Waals surface area (Å²) < 4.78 is 0. The van der Waals surface area contributed by atoms with E-state index in [1.807, 2.05) is 0 Å². The molecule has 110 valence electrons. The van der Waals surface area contributed by atoms with Crippen LogP contribution in [0.2, 0.25) is 0 Å². The van der Waals surface area contributed by atoms with Crippen LogP contribution in [-0.2, 0) is 9.59 Å². The lowest BCUT2D eigenvalue weighted by molar-refractivity contribution is -0.152.